The van der Waals surface area contributed by atoms with E-state index in [0.29, 0.717) is 12.3 Å². The average molecular weight is 241 g/mol. The summed E-state index contributed by atoms with van der Waals surface area (Å²) in [5, 5.41) is 2.89. The molecule has 4 nitrogen and oxygen atoms in total. The number of hydrogen-bond acceptors (Lipinski definition) is 3. The Morgan fingerprint density at radius 2 is 2.50 bits per heavy atom. The summed E-state index contributed by atoms with van der Waals surface area (Å²) in [5.41, 5.74) is 1.05. The molecule has 0 aliphatic carbocycles. The summed E-state index contributed by atoms with van der Waals surface area (Å²) in [4.78, 5) is 18.3. The summed E-state index contributed by atoms with van der Waals surface area (Å²) in [7, 11) is 0. The zero-order valence-corrected chi connectivity index (χ0v) is 10.5. The number of hydrogen-bond donors (Lipinski definition) is 2. The van der Waals surface area contributed by atoms with E-state index in [2.05, 4.69) is 22.2 Å². The third kappa shape index (κ3) is 5.80. The molecule has 0 saturated carbocycles. The molecule has 0 spiro atoms. The predicted octanol–water partition coefficient (Wildman–Crippen LogP) is 1.60. The molecule has 90 valence electrons. The third-order valence-corrected chi connectivity index (χ3v) is 3.19. The Labute approximate surface area is 101 Å². The molecule has 0 bridgehead atoms. The van der Waals surface area contributed by atoms with Crippen molar-refractivity contribution in [3.8, 4) is 0 Å². The number of H-pyrrole nitrogens is 1. The normalized spacial score (nSPS) is 10.3. The summed E-state index contributed by atoms with van der Waals surface area (Å²) < 4.78 is 0. The molecular formula is C11H19N3OS. The topological polar surface area (TPSA) is 57.8 Å². The molecule has 16 heavy (non-hydrogen) atoms. The molecule has 0 saturated heterocycles. The fourth-order valence-electron chi connectivity index (χ4n) is 1.22. The van der Waals surface area contributed by atoms with Gasteiger partial charge in [-0.15, -0.1) is 0 Å². The fourth-order valence-corrected chi connectivity index (χ4v) is 2.14. The van der Waals surface area contributed by atoms with Gasteiger partial charge in [0.2, 0.25) is 5.91 Å². The Bertz CT molecular complexity index is 287. The maximum Gasteiger partial charge on any atom is 0.230 e. The molecule has 1 heterocycles. The Balaban J connectivity index is 1.98. The van der Waals surface area contributed by atoms with Crippen LogP contribution in [0.25, 0.3) is 0 Å². The van der Waals surface area contributed by atoms with E-state index < -0.39 is 0 Å². The van der Waals surface area contributed by atoms with Gasteiger partial charge in [-0.05, 0) is 12.2 Å². The number of aromatic amines is 1. The van der Waals surface area contributed by atoms with Crippen LogP contribution < -0.4 is 5.32 Å². The van der Waals surface area contributed by atoms with Gasteiger partial charge in [0.05, 0.1) is 12.1 Å². The van der Waals surface area contributed by atoms with Gasteiger partial charge in [0.15, 0.2) is 0 Å². The van der Waals surface area contributed by atoms with E-state index in [1.807, 2.05) is 0 Å². The zero-order chi connectivity index (χ0) is 11.6. The molecule has 1 aromatic rings. The Kier molecular flexibility index (Phi) is 6.72. The van der Waals surface area contributed by atoms with Crippen molar-refractivity contribution in [1.29, 1.82) is 0 Å². The van der Waals surface area contributed by atoms with Gasteiger partial charge in [-0.2, -0.15) is 11.8 Å². The van der Waals surface area contributed by atoms with Gasteiger partial charge >= 0.3 is 0 Å². The highest BCUT2D eigenvalue weighted by Gasteiger charge is 2.01. The summed E-state index contributed by atoms with van der Waals surface area (Å²) in [6, 6.07) is 0. The third-order valence-electron chi connectivity index (χ3n) is 2.15. The van der Waals surface area contributed by atoms with Gasteiger partial charge in [-0.1, -0.05) is 13.3 Å². The maximum atomic E-state index is 11.4. The van der Waals surface area contributed by atoms with E-state index >= 15 is 0 Å². The van der Waals surface area contributed by atoms with Crippen molar-refractivity contribution in [2.24, 2.45) is 0 Å². The first kappa shape index (κ1) is 13.1. The highest BCUT2D eigenvalue weighted by Crippen LogP contribution is 2.03. The average Bonchev–Trinajstić information content (AvgIpc) is 2.77. The Morgan fingerprint density at radius 3 is 3.19 bits per heavy atom. The lowest BCUT2D eigenvalue weighted by molar-refractivity contribution is -0.118. The van der Waals surface area contributed by atoms with Gasteiger partial charge in [-0.25, -0.2) is 4.98 Å². The van der Waals surface area contributed by atoms with Crippen molar-refractivity contribution in [3.05, 3.63) is 18.2 Å². The van der Waals surface area contributed by atoms with Gasteiger partial charge in [0, 0.05) is 24.9 Å². The van der Waals surface area contributed by atoms with Crippen molar-refractivity contribution in [2.75, 3.05) is 18.1 Å². The van der Waals surface area contributed by atoms with Crippen LogP contribution in [0.4, 0.5) is 0 Å². The largest absolute Gasteiger partial charge is 0.355 e. The van der Waals surface area contributed by atoms with Gasteiger partial charge < -0.3 is 10.3 Å². The van der Waals surface area contributed by atoms with Crippen molar-refractivity contribution >= 4 is 17.7 Å². The highest BCUT2D eigenvalue weighted by molar-refractivity contribution is 7.99. The molecule has 0 aliphatic rings. The number of aromatic nitrogens is 2. The van der Waals surface area contributed by atoms with Gasteiger partial charge in [-0.3, -0.25) is 4.79 Å². The quantitative estimate of drug-likeness (QED) is 0.680. The number of carbonyl (C=O) groups is 1. The summed E-state index contributed by atoms with van der Waals surface area (Å²) >= 11 is 1.70. The second-order valence-corrected chi connectivity index (χ2v) is 4.69. The number of amides is 1. The molecule has 0 atom stereocenters. The van der Waals surface area contributed by atoms with Crippen LogP contribution in [0.3, 0.4) is 0 Å². The number of nitrogens with one attached hydrogen (secondary N) is 2. The van der Waals surface area contributed by atoms with E-state index in [0.717, 1.165) is 17.9 Å². The Hall–Kier alpha value is -0.970. The second-order valence-electron chi connectivity index (χ2n) is 3.58. The molecule has 5 heteroatoms. The first-order chi connectivity index (χ1) is 7.83. The first-order valence-corrected chi connectivity index (χ1v) is 6.80. The molecule has 0 fully saturated rings. The fraction of sp³-hybridized carbons (Fsp3) is 0.636. The number of thioether (sulfide) groups is 1. The van der Waals surface area contributed by atoms with E-state index in [-0.39, 0.29) is 5.91 Å². The number of nitrogens with zero attached hydrogens (tertiary/aromatic N) is 1. The summed E-state index contributed by atoms with van der Waals surface area (Å²) in [6.07, 6.45) is 6.62. The summed E-state index contributed by atoms with van der Waals surface area (Å²) in [5.74, 6) is 1.77. The van der Waals surface area contributed by atoms with Crippen LogP contribution in [0.15, 0.2) is 12.5 Å². The molecule has 1 aromatic heterocycles. The highest BCUT2D eigenvalue weighted by atomic mass is 32.2. The van der Waals surface area contributed by atoms with Crippen molar-refractivity contribution in [3.63, 3.8) is 0 Å². The smallest absolute Gasteiger partial charge is 0.230 e. The van der Waals surface area contributed by atoms with Crippen molar-refractivity contribution in [1.82, 2.24) is 15.3 Å². The second kappa shape index (κ2) is 8.21. The SMILES string of the molecule is CCCCSCC(=O)NCCc1cnc[nH]1. The molecular weight excluding hydrogens is 222 g/mol. The van der Waals surface area contributed by atoms with Crippen LogP contribution in [0.1, 0.15) is 25.5 Å². The van der Waals surface area contributed by atoms with Crippen LogP contribution in [-0.4, -0.2) is 33.9 Å². The molecule has 1 rings (SSSR count). The number of rotatable bonds is 8. The molecule has 2 N–H and O–H groups in total. The number of carbonyl (C=O) groups excluding carboxylic acids is 1. The minimum Gasteiger partial charge on any atom is -0.355 e. The van der Waals surface area contributed by atoms with Gasteiger partial charge in [0.1, 0.15) is 0 Å². The minimum absolute atomic E-state index is 0.126. The van der Waals surface area contributed by atoms with Crippen LogP contribution in [0, 0.1) is 0 Å². The van der Waals surface area contributed by atoms with Crippen LogP contribution in [0.2, 0.25) is 0 Å². The predicted molar refractivity (Wildman–Crippen MR) is 67.5 cm³/mol. The molecule has 0 aliphatic heterocycles. The number of imidazole rings is 1. The van der Waals surface area contributed by atoms with E-state index in [4.69, 9.17) is 0 Å². The van der Waals surface area contributed by atoms with E-state index in [1.165, 1.54) is 12.8 Å². The standard InChI is InChI=1S/C11H19N3OS/c1-2-3-6-16-8-11(15)13-5-4-10-7-12-9-14-10/h7,9H,2-6,8H2,1H3,(H,12,14)(H,13,15). The molecule has 0 unspecified atom stereocenters. The van der Waals surface area contributed by atoms with Crippen LogP contribution in [-0.2, 0) is 11.2 Å². The molecule has 1 amide bonds. The van der Waals surface area contributed by atoms with Crippen LogP contribution in [0.5, 0.6) is 0 Å². The number of unbranched alkanes of at least 4 members (excludes halogenated alkanes) is 1. The summed E-state index contributed by atoms with van der Waals surface area (Å²) in [6.45, 7) is 2.83. The lowest BCUT2D eigenvalue weighted by atomic mass is 10.3. The lowest BCUT2D eigenvalue weighted by Crippen LogP contribution is -2.27. The van der Waals surface area contributed by atoms with Gasteiger partial charge in [0.25, 0.3) is 0 Å². The minimum atomic E-state index is 0.126. The van der Waals surface area contributed by atoms with Crippen molar-refractivity contribution in [2.45, 2.75) is 26.2 Å². The zero-order valence-electron chi connectivity index (χ0n) is 9.66. The van der Waals surface area contributed by atoms with Crippen molar-refractivity contribution < 1.29 is 4.79 Å². The first-order valence-electron chi connectivity index (χ1n) is 5.64. The van der Waals surface area contributed by atoms with Crippen LogP contribution >= 0.6 is 11.8 Å². The van der Waals surface area contributed by atoms with E-state index in [9.17, 15) is 4.79 Å². The molecule has 0 radical (unpaired) electrons. The monoisotopic (exact) mass is 241 g/mol. The van der Waals surface area contributed by atoms with E-state index in [1.54, 1.807) is 24.3 Å². The lowest BCUT2D eigenvalue weighted by Gasteiger charge is -2.03. The Morgan fingerprint density at radius 1 is 1.62 bits per heavy atom. The maximum absolute atomic E-state index is 11.4. The molecule has 0 aromatic carbocycles.